The summed E-state index contributed by atoms with van der Waals surface area (Å²) in [6.07, 6.45) is 3.31. The maximum atomic E-state index is 12.3. The molecule has 0 aromatic carbocycles. The van der Waals surface area contributed by atoms with Crippen LogP contribution in [0.1, 0.15) is 46.5 Å². The molecule has 2 rings (SSSR count). The highest BCUT2D eigenvalue weighted by Gasteiger charge is 2.45. The number of carbonyl (C=O) groups is 2. The molecule has 1 saturated heterocycles. The minimum Gasteiger partial charge on any atom is -0.481 e. The summed E-state index contributed by atoms with van der Waals surface area (Å²) in [4.78, 5) is 25.4. The van der Waals surface area contributed by atoms with Gasteiger partial charge in [-0.3, -0.25) is 4.79 Å². The van der Waals surface area contributed by atoms with Gasteiger partial charge in [0.05, 0.1) is 5.41 Å². The van der Waals surface area contributed by atoms with Crippen LogP contribution < -0.4 is 5.32 Å². The first-order valence-electron chi connectivity index (χ1n) is 7.68. The van der Waals surface area contributed by atoms with Crippen molar-refractivity contribution < 1.29 is 14.7 Å². The standard InChI is InChI=1S/C15H26N2O3/c1-4-15(13(18)19)7-8-17(9-15)14(20)16-12-6-5-10(2)11(12)3/h10-12H,4-9H2,1-3H3,(H,16,20)(H,18,19). The van der Waals surface area contributed by atoms with E-state index in [1.807, 2.05) is 6.92 Å². The Labute approximate surface area is 120 Å². The molecule has 2 aliphatic rings. The smallest absolute Gasteiger partial charge is 0.317 e. The van der Waals surface area contributed by atoms with E-state index in [0.29, 0.717) is 37.8 Å². The number of hydrogen-bond acceptors (Lipinski definition) is 2. The second kappa shape index (κ2) is 5.62. The molecule has 5 heteroatoms. The van der Waals surface area contributed by atoms with Crippen LogP contribution in [0.3, 0.4) is 0 Å². The number of likely N-dealkylation sites (tertiary alicyclic amines) is 1. The van der Waals surface area contributed by atoms with Gasteiger partial charge in [0.2, 0.25) is 0 Å². The Hall–Kier alpha value is -1.26. The van der Waals surface area contributed by atoms with Gasteiger partial charge in [-0.05, 0) is 37.5 Å². The van der Waals surface area contributed by atoms with Crippen molar-refractivity contribution in [3.8, 4) is 0 Å². The summed E-state index contributed by atoms with van der Waals surface area (Å²) in [5.41, 5.74) is -0.744. The van der Waals surface area contributed by atoms with Gasteiger partial charge in [-0.1, -0.05) is 20.8 Å². The van der Waals surface area contributed by atoms with Crippen molar-refractivity contribution in [2.45, 2.75) is 52.5 Å². The quantitative estimate of drug-likeness (QED) is 0.834. The van der Waals surface area contributed by atoms with Crippen LogP contribution in [0.25, 0.3) is 0 Å². The van der Waals surface area contributed by atoms with E-state index in [4.69, 9.17) is 0 Å². The molecule has 4 unspecified atom stereocenters. The summed E-state index contributed by atoms with van der Waals surface area (Å²) in [7, 11) is 0. The zero-order valence-corrected chi connectivity index (χ0v) is 12.7. The molecule has 2 N–H and O–H groups in total. The number of rotatable bonds is 3. The van der Waals surface area contributed by atoms with Gasteiger partial charge in [-0.2, -0.15) is 0 Å². The average Bonchev–Trinajstić information content (AvgIpc) is 2.99. The highest BCUT2D eigenvalue weighted by Crippen LogP contribution is 2.35. The lowest BCUT2D eigenvalue weighted by atomic mass is 9.84. The van der Waals surface area contributed by atoms with Crippen molar-refractivity contribution in [3.63, 3.8) is 0 Å². The molecule has 114 valence electrons. The van der Waals surface area contributed by atoms with Crippen LogP contribution in [-0.2, 0) is 4.79 Å². The summed E-state index contributed by atoms with van der Waals surface area (Å²) >= 11 is 0. The number of urea groups is 1. The molecule has 2 fully saturated rings. The molecule has 1 saturated carbocycles. The number of carboxylic acid groups (broad SMARTS) is 1. The Morgan fingerprint density at radius 1 is 1.35 bits per heavy atom. The molecule has 0 aromatic rings. The van der Waals surface area contributed by atoms with Crippen LogP contribution in [0.4, 0.5) is 4.79 Å². The highest BCUT2D eigenvalue weighted by molar-refractivity contribution is 5.79. The van der Waals surface area contributed by atoms with Crippen molar-refractivity contribution >= 4 is 12.0 Å². The number of hydrogen-bond donors (Lipinski definition) is 2. The Kier molecular flexibility index (Phi) is 4.25. The van der Waals surface area contributed by atoms with Gasteiger partial charge < -0.3 is 15.3 Å². The van der Waals surface area contributed by atoms with E-state index in [0.717, 1.165) is 12.8 Å². The molecule has 1 aliphatic carbocycles. The minimum atomic E-state index is -0.779. The molecule has 0 spiro atoms. The van der Waals surface area contributed by atoms with Crippen LogP contribution in [-0.4, -0.2) is 41.1 Å². The largest absolute Gasteiger partial charge is 0.481 e. The number of amides is 2. The van der Waals surface area contributed by atoms with Crippen molar-refractivity contribution in [2.75, 3.05) is 13.1 Å². The minimum absolute atomic E-state index is 0.0903. The molecule has 20 heavy (non-hydrogen) atoms. The van der Waals surface area contributed by atoms with Gasteiger partial charge in [0.1, 0.15) is 0 Å². The monoisotopic (exact) mass is 282 g/mol. The molecule has 0 radical (unpaired) electrons. The van der Waals surface area contributed by atoms with E-state index in [1.165, 1.54) is 0 Å². The molecule has 5 nitrogen and oxygen atoms in total. The third-order valence-corrected chi connectivity index (χ3v) is 5.55. The predicted octanol–water partition coefficient (Wildman–Crippen LogP) is 2.32. The maximum absolute atomic E-state index is 12.3. The third-order valence-electron chi connectivity index (χ3n) is 5.55. The van der Waals surface area contributed by atoms with Crippen LogP contribution in [0, 0.1) is 17.3 Å². The first-order valence-corrected chi connectivity index (χ1v) is 7.68. The van der Waals surface area contributed by atoms with E-state index < -0.39 is 11.4 Å². The van der Waals surface area contributed by atoms with E-state index in [2.05, 4.69) is 19.2 Å². The zero-order chi connectivity index (χ0) is 14.9. The summed E-state index contributed by atoms with van der Waals surface area (Å²) in [5.74, 6) is 0.364. The van der Waals surface area contributed by atoms with Crippen LogP contribution >= 0.6 is 0 Å². The van der Waals surface area contributed by atoms with E-state index in [1.54, 1.807) is 4.90 Å². The van der Waals surface area contributed by atoms with Gasteiger partial charge >= 0.3 is 12.0 Å². The molecule has 1 aliphatic heterocycles. The third kappa shape index (κ3) is 2.63. The Morgan fingerprint density at radius 2 is 2.05 bits per heavy atom. The van der Waals surface area contributed by atoms with Crippen molar-refractivity contribution in [3.05, 3.63) is 0 Å². The number of nitrogens with zero attached hydrogens (tertiary/aromatic N) is 1. The van der Waals surface area contributed by atoms with E-state index >= 15 is 0 Å². The molecule has 4 atom stereocenters. The Morgan fingerprint density at radius 3 is 2.50 bits per heavy atom. The Balaban J connectivity index is 1.93. The number of nitrogens with one attached hydrogen (secondary N) is 1. The van der Waals surface area contributed by atoms with Gasteiger partial charge in [0, 0.05) is 19.1 Å². The van der Waals surface area contributed by atoms with Crippen molar-refractivity contribution in [1.82, 2.24) is 10.2 Å². The van der Waals surface area contributed by atoms with Crippen molar-refractivity contribution in [2.24, 2.45) is 17.3 Å². The lowest BCUT2D eigenvalue weighted by Crippen LogP contribution is -2.46. The molecular weight excluding hydrogens is 256 g/mol. The fourth-order valence-corrected chi connectivity index (χ4v) is 3.48. The van der Waals surface area contributed by atoms with E-state index in [-0.39, 0.29) is 12.1 Å². The number of carboxylic acids is 1. The first kappa shape index (κ1) is 15.1. The lowest BCUT2D eigenvalue weighted by molar-refractivity contribution is -0.148. The molecule has 0 aromatic heterocycles. The summed E-state index contributed by atoms with van der Waals surface area (Å²) in [6, 6.07) is 0.145. The summed E-state index contributed by atoms with van der Waals surface area (Å²) in [5, 5.41) is 12.5. The maximum Gasteiger partial charge on any atom is 0.317 e. The average molecular weight is 282 g/mol. The van der Waals surface area contributed by atoms with Gasteiger partial charge in [0.25, 0.3) is 0 Å². The predicted molar refractivity (Wildman–Crippen MR) is 76.4 cm³/mol. The second-order valence-electron chi connectivity index (χ2n) is 6.58. The fraction of sp³-hybridized carbons (Fsp3) is 0.867. The first-order chi connectivity index (χ1) is 9.39. The van der Waals surface area contributed by atoms with Gasteiger partial charge in [0.15, 0.2) is 0 Å². The van der Waals surface area contributed by atoms with Crippen LogP contribution in [0.15, 0.2) is 0 Å². The molecule has 2 amide bonds. The van der Waals surface area contributed by atoms with Gasteiger partial charge in [-0.15, -0.1) is 0 Å². The summed E-state index contributed by atoms with van der Waals surface area (Å²) < 4.78 is 0. The van der Waals surface area contributed by atoms with Crippen LogP contribution in [0.2, 0.25) is 0 Å². The lowest BCUT2D eigenvalue weighted by Gasteiger charge is -2.26. The highest BCUT2D eigenvalue weighted by atomic mass is 16.4. The summed E-state index contributed by atoms with van der Waals surface area (Å²) in [6.45, 7) is 7.17. The Bertz CT molecular complexity index is 399. The fourth-order valence-electron chi connectivity index (χ4n) is 3.48. The topological polar surface area (TPSA) is 69.6 Å². The zero-order valence-electron chi connectivity index (χ0n) is 12.7. The van der Waals surface area contributed by atoms with E-state index in [9.17, 15) is 14.7 Å². The molecule has 0 bridgehead atoms. The second-order valence-corrected chi connectivity index (χ2v) is 6.58. The molecule has 1 heterocycles. The molecular formula is C15H26N2O3. The van der Waals surface area contributed by atoms with Crippen molar-refractivity contribution in [1.29, 1.82) is 0 Å². The normalized spacial score (nSPS) is 37.1. The number of aliphatic carboxylic acids is 1. The van der Waals surface area contributed by atoms with Crippen LogP contribution in [0.5, 0.6) is 0 Å². The van der Waals surface area contributed by atoms with Gasteiger partial charge in [-0.25, -0.2) is 4.79 Å². The SMILES string of the molecule is CCC1(C(=O)O)CCN(C(=O)NC2CCC(C)C2C)C1. The number of carbonyl (C=O) groups excluding carboxylic acids is 1.